The van der Waals surface area contributed by atoms with Crippen molar-refractivity contribution < 1.29 is 4.74 Å². The molecule has 1 aliphatic heterocycles. The van der Waals surface area contributed by atoms with Crippen molar-refractivity contribution in [1.29, 1.82) is 0 Å². The van der Waals surface area contributed by atoms with Gasteiger partial charge in [0.05, 0.1) is 12.3 Å². The molecule has 0 spiro atoms. The molecule has 0 aliphatic carbocycles. The van der Waals surface area contributed by atoms with Crippen LogP contribution in [0.3, 0.4) is 0 Å². The Morgan fingerprint density at radius 3 is 2.87 bits per heavy atom. The number of rotatable bonds is 3. The van der Waals surface area contributed by atoms with Crippen molar-refractivity contribution in [3.05, 3.63) is 24.3 Å². The summed E-state index contributed by atoms with van der Waals surface area (Å²) < 4.78 is 5.62. The van der Waals surface area contributed by atoms with Crippen LogP contribution in [0.25, 0.3) is 0 Å². The van der Waals surface area contributed by atoms with Gasteiger partial charge in [0.15, 0.2) is 0 Å². The summed E-state index contributed by atoms with van der Waals surface area (Å²) in [4.78, 5) is 2.38. The topological polar surface area (TPSA) is 12.5 Å². The largest absolute Gasteiger partial charge is 0.492 e. The van der Waals surface area contributed by atoms with E-state index < -0.39 is 0 Å². The van der Waals surface area contributed by atoms with Gasteiger partial charge in [0.2, 0.25) is 0 Å². The lowest BCUT2D eigenvalue weighted by Crippen LogP contribution is -2.29. The Bertz CT molecular complexity index is 305. The van der Waals surface area contributed by atoms with Gasteiger partial charge in [-0.05, 0) is 32.3 Å². The van der Waals surface area contributed by atoms with Gasteiger partial charge in [0, 0.05) is 19.2 Å². The summed E-state index contributed by atoms with van der Waals surface area (Å²) in [5.41, 5.74) is 1.14. The molecule has 0 N–H and O–H groups in total. The van der Waals surface area contributed by atoms with Crippen molar-refractivity contribution in [3.63, 3.8) is 0 Å². The molecule has 2 nitrogen and oxygen atoms in total. The molecule has 0 aromatic heterocycles. The maximum atomic E-state index is 5.62. The van der Waals surface area contributed by atoms with E-state index in [1.54, 1.807) is 0 Å². The number of hydrogen-bond acceptors (Lipinski definition) is 2. The molecule has 81 valence electrons. The molecule has 1 saturated heterocycles. The van der Waals surface area contributed by atoms with Crippen LogP contribution in [-0.4, -0.2) is 19.7 Å². The summed E-state index contributed by atoms with van der Waals surface area (Å²) in [5, 5.41) is 0. The molecular weight excluding hydrogens is 186 g/mol. The van der Waals surface area contributed by atoms with Gasteiger partial charge in [-0.25, -0.2) is 0 Å². The number of nitrogens with zero attached hydrogens (tertiary/aromatic N) is 1. The van der Waals surface area contributed by atoms with Gasteiger partial charge in [0.1, 0.15) is 5.75 Å². The van der Waals surface area contributed by atoms with Crippen LogP contribution in [0.1, 0.15) is 26.2 Å². The van der Waals surface area contributed by atoms with Gasteiger partial charge < -0.3 is 9.64 Å². The van der Waals surface area contributed by atoms with Crippen molar-refractivity contribution >= 4 is 5.69 Å². The zero-order valence-electron chi connectivity index (χ0n) is 9.33. The average Bonchev–Trinajstić information content (AvgIpc) is 2.31. The fourth-order valence-corrected chi connectivity index (χ4v) is 2.05. The second-order valence-electron chi connectivity index (χ2n) is 3.86. The summed E-state index contributed by atoms with van der Waals surface area (Å²) in [6.07, 6.45) is 3.93. The Balaban J connectivity index is 2.17. The molecule has 2 heteroatoms. The molecule has 0 unspecified atom stereocenters. The minimum Gasteiger partial charge on any atom is -0.492 e. The van der Waals surface area contributed by atoms with Crippen LogP contribution < -0.4 is 9.64 Å². The van der Waals surface area contributed by atoms with Crippen LogP contribution in [0.5, 0.6) is 5.75 Å². The third kappa shape index (κ3) is 2.44. The van der Waals surface area contributed by atoms with Gasteiger partial charge >= 0.3 is 0 Å². The van der Waals surface area contributed by atoms with Crippen LogP contribution in [0.4, 0.5) is 5.69 Å². The average molecular weight is 204 g/mol. The Kier molecular flexibility index (Phi) is 3.49. The highest BCUT2D eigenvalue weighted by molar-refractivity contribution is 5.57. The number of para-hydroxylation sites is 1. The third-order valence-electron chi connectivity index (χ3n) is 2.77. The predicted molar refractivity (Wildman–Crippen MR) is 62.5 cm³/mol. The van der Waals surface area contributed by atoms with Crippen molar-refractivity contribution in [1.82, 2.24) is 0 Å². The lowest BCUT2D eigenvalue weighted by atomic mass is 10.1. The SMILES string of the molecule is CCOc1ccc[c]c1N1CCCCC1. The normalized spacial score (nSPS) is 16.5. The molecule has 0 amide bonds. The zero-order chi connectivity index (χ0) is 10.5. The van der Waals surface area contributed by atoms with Crippen molar-refractivity contribution in [2.45, 2.75) is 26.2 Å². The van der Waals surface area contributed by atoms with E-state index in [2.05, 4.69) is 11.0 Å². The molecular formula is C13H18NO. The van der Waals surface area contributed by atoms with Crippen LogP contribution >= 0.6 is 0 Å². The number of piperidine rings is 1. The summed E-state index contributed by atoms with van der Waals surface area (Å²) in [6, 6.07) is 9.27. The Labute approximate surface area is 91.9 Å². The number of ether oxygens (including phenoxy) is 1. The van der Waals surface area contributed by atoms with Crippen molar-refractivity contribution in [2.75, 3.05) is 24.6 Å². The van der Waals surface area contributed by atoms with Gasteiger partial charge in [-0.3, -0.25) is 0 Å². The van der Waals surface area contributed by atoms with Crippen LogP contribution in [0.2, 0.25) is 0 Å². The Morgan fingerprint density at radius 2 is 2.13 bits per heavy atom. The van der Waals surface area contributed by atoms with E-state index in [9.17, 15) is 0 Å². The fourth-order valence-electron chi connectivity index (χ4n) is 2.05. The molecule has 1 radical (unpaired) electrons. The first kappa shape index (κ1) is 10.3. The van der Waals surface area contributed by atoms with E-state index >= 15 is 0 Å². The molecule has 0 atom stereocenters. The predicted octanol–water partition coefficient (Wildman–Crippen LogP) is 2.88. The van der Waals surface area contributed by atoms with Crippen molar-refractivity contribution in [2.24, 2.45) is 0 Å². The van der Waals surface area contributed by atoms with Gasteiger partial charge in [-0.15, -0.1) is 0 Å². The Morgan fingerprint density at radius 1 is 1.33 bits per heavy atom. The molecule has 1 fully saturated rings. The number of anilines is 1. The van der Waals surface area contributed by atoms with Gasteiger partial charge in [-0.2, -0.15) is 0 Å². The van der Waals surface area contributed by atoms with E-state index in [1.807, 2.05) is 25.1 Å². The first-order valence-corrected chi connectivity index (χ1v) is 5.80. The lowest BCUT2D eigenvalue weighted by Gasteiger charge is -2.29. The third-order valence-corrected chi connectivity index (χ3v) is 2.77. The molecule has 1 aromatic carbocycles. The standard InChI is InChI=1S/C13H18NO/c1-2-15-13-9-5-4-8-12(13)14-10-6-3-7-11-14/h4-5,9H,2-3,6-7,10-11H2,1H3. The van der Waals surface area contributed by atoms with E-state index in [4.69, 9.17) is 4.74 Å². The van der Waals surface area contributed by atoms with E-state index in [0.717, 1.165) is 31.1 Å². The molecule has 0 bridgehead atoms. The summed E-state index contributed by atoms with van der Waals surface area (Å²) in [7, 11) is 0. The van der Waals surface area contributed by atoms with Crippen molar-refractivity contribution in [3.8, 4) is 5.75 Å². The van der Waals surface area contributed by atoms with Gasteiger partial charge in [-0.1, -0.05) is 12.1 Å². The first-order valence-electron chi connectivity index (χ1n) is 5.80. The minimum absolute atomic E-state index is 0.721. The van der Waals surface area contributed by atoms with Crippen LogP contribution in [-0.2, 0) is 0 Å². The maximum absolute atomic E-state index is 5.62. The molecule has 1 aliphatic rings. The smallest absolute Gasteiger partial charge is 0.143 e. The van der Waals surface area contributed by atoms with E-state index in [0.29, 0.717) is 0 Å². The highest BCUT2D eigenvalue weighted by Gasteiger charge is 2.14. The summed E-state index contributed by atoms with van der Waals surface area (Å²) >= 11 is 0. The maximum Gasteiger partial charge on any atom is 0.143 e. The quantitative estimate of drug-likeness (QED) is 0.750. The highest BCUT2D eigenvalue weighted by Crippen LogP contribution is 2.29. The van der Waals surface area contributed by atoms with Gasteiger partial charge in [0.25, 0.3) is 0 Å². The molecule has 0 saturated carbocycles. The number of hydrogen-bond donors (Lipinski definition) is 0. The van der Waals surface area contributed by atoms with E-state index in [-0.39, 0.29) is 0 Å². The Hall–Kier alpha value is -1.18. The highest BCUT2D eigenvalue weighted by atomic mass is 16.5. The monoisotopic (exact) mass is 204 g/mol. The second kappa shape index (κ2) is 5.06. The molecule has 2 rings (SSSR count). The second-order valence-corrected chi connectivity index (χ2v) is 3.86. The summed E-state index contributed by atoms with van der Waals surface area (Å²) in [6.45, 7) is 5.02. The molecule has 1 heterocycles. The number of benzene rings is 1. The zero-order valence-corrected chi connectivity index (χ0v) is 9.33. The fraction of sp³-hybridized carbons (Fsp3) is 0.538. The van der Waals surface area contributed by atoms with Crippen LogP contribution in [0.15, 0.2) is 18.2 Å². The molecule has 15 heavy (non-hydrogen) atoms. The first-order chi connectivity index (χ1) is 7.42. The summed E-state index contributed by atoms with van der Waals surface area (Å²) in [5.74, 6) is 0.974. The van der Waals surface area contributed by atoms with Crippen LogP contribution in [0, 0.1) is 6.07 Å². The van der Waals surface area contributed by atoms with E-state index in [1.165, 1.54) is 19.3 Å². The lowest BCUT2D eigenvalue weighted by molar-refractivity contribution is 0.339. The minimum atomic E-state index is 0.721. The molecule has 1 aromatic rings.